The van der Waals surface area contributed by atoms with Crippen LogP contribution in [0.25, 0.3) is 0 Å². The van der Waals surface area contributed by atoms with Crippen molar-refractivity contribution in [3.8, 4) is 0 Å². The molecule has 1 aliphatic heterocycles. The average Bonchev–Trinajstić information content (AvgIpc) is 2.60. The second-order valence-electron chi connectivity index (χ2n) is 6.31. The lowest BCUT2D eigenvalue weighted by Crippen LogP contribution is -2.44. The van der Waals surface area contributed by atoms with E-state index in [0.29, 0.717) is 13.0 Å². The van der Waals surface area contributed by atoms with Gasteiger partial charge in [0.15, 0.2) is 0 Å². The van der Waals surface area contributed by atoms with Crippen molar-refractivity contribution < 1.29 is 9.90 Å². The van der Waals surface area contributed by atoms with Crippen molar-refractivity contribution in [3.05, 3.63) is 0 Å². The molecule has 1 rings (SSSR count). The van der Waals surface area contributed by atoms with E-state index in [1.165, 1.54) is 0 Å². The number of hydrogen-bond acceptors (Lipinski definition) is 3. The number of carbonyl (C=O) groups excluding carboxylic acids is 1. The lowest BCUT2D eigenvalue weighted by molar-refractivity contribution is -0.123. The smallest absolute Gasteiger partial charge is 0.236 e. The maximum absolute atomic E-state index is 12.0. The Labute approximate surface area is 109 Å². The third kappa shape index (κ3) is 4.88. The first-order valence-corrected chi connectivity index (χ1v) is 7.32. The van der Waals surface area contributed by atoms with Gasteiger partial charge in [0, 0.05) is 6.54 Å². The van der Waals surface area contributed by atoms with Crippen molar-refractivity contribution in [2.45, 2.75) is 57.8 Å². The highest BCUT2D eigenvalue weighted by Crippen LogP contribution is 2.37. The van der Waals surface area contributed by atoms with Gasteiger partial charge in [0.1, 0.15) is 0 Å². The minimum Gasteiger partial charge on any atom is -0.391 e. The van der Waals surface area contributed by atoms with Gasteiger partial charge in [-0.25, -0.2) is 0 Å². The Morgan fingerprint density at radius 2 is 2.18 bits per heavy atom. The van der Waals surface area contributed by atoms with Crippen molar-refractivity contribution >= 4 is 17.7 Å². The lowest BCUT2D eigenvalue weighted by atomic mass is 9.89. The summed E-state index contributed by atoms with van der Waals surface area (Å²) in [5.74, 6) is 1.14. The Balaban J connectivity index is 2.33. The van der Waals surface area contributed by atoms with Crippen molar-refractivity contribution in [1.29, 1.82) is 0 Å². The van der Waals surface area contributed by atoms with Gasteiger partial charge in [-0.2, -0.15) is 0 Å². The third-order valence-electron chi connectivity index (χ3n) is 3.05. The molecule has 1 saturated heterocycles. The number of aliphatic hydroxyl groups is 1. The van der Waals surface area contributed by atoms with Gasteiger partial charge in [0.2, 0.25) is 5.91 Å². The van der Waals surface area contributed by atoms with Crippen LogP contribution >= 0.6 is 11.8 Å². The Morgan fingerprint density at radius 1 is 1.53 bits per heavy atom. The molecule has 0 saturated carbocycles. The van der Waals surface area contributed by atoms with Crippen LogP contribution in [0.5, 0.6) is 0 Å². The number of aliphatic hydroxyl groups excluding tert-OH is 1. The van der Waals surface area contributed by atoms with Gasteiger partial charge in [0.05, 0.1) is 10.9 Å². The SMILES string of the molecule is CC(C)(C)CC(O)CNC(=O)C1(C)CCCS1. The molecule has 0 radical (unpaired) electrons. The zero-order valence-electron chi connectivity index (χ0n) is 11.4. The van der Waals surface area contributed by atoms with Crippen molar-refractivity contribution in [1.82, 2.24) is 5.32 Å². The fraction of sp³-hybridized carbons (Fsp3) is 0.923. The zero-order valence-corrected chi connectivity index (χ0v) is 12.2. The largest absolute Gasteiger partial charge is 0.391 e. The minimum atomic E-state index is -0.450. The van der Waals surface area contributed by atoms with E-state index in [0.717, 1.165) is 18.6 Å². The Hall–Kier alpha value is -0.220. The van der Waals surface area contributed by atoms with Crippen LogP contribution in [0.3, 0.4) is 0 Å². The van der Waals surface area contributed by atoms with Crippen LogP contribution < -0.4 is 5.32 Å². The fourth-order valence-corrected chi connectivity index (χ4v) is 3.37. The molecule has 100 valence electrons. The molecule has 0 aromatic heterocycles. The summed E-state index contributed by atoms with van der Waals surface area (Å²) < 4.78 is -0.276. The molecule has 1 amide bonds. The number of carbonyl (C=O) groups is 1. The van der Waals surface area contributed by atoms with Crippen LogP contribution in [0.1, 0.15) is 47.0 Å². The first-order valence-electron chi connectivity index (χ1n) is 6.33. The molecular weight excluding hydrogens is 234 g/mol. The first-order chi connectivity index (χ1) is 7.73. The molecular formula is C13H25NO2S. The van der Waals surface area contributed by atoms with Gasteiger partial charge in [0.25, 0.3) is 0 Å². The average molecular weight is 259 g/mol. The van der Waals surface area contributed by atoms with Crippen LogP contribution in [0.15, 0.2) is 0 Å². The van der Waals surface area contributed by atoms with Gasteiger partial charge in [-0.3, -0.25) is 4.79 Å². The number of nitrogens with one attached hydrogen (secondary N) is 1. The lowest BCUT2D eigenvalue weighted by Gasteiger charge is -2.25. The standard InChI is InChI=1S/C13H25NO2S/c1-12(2,3)8-10(15)9-14-11(16)13(4)6-5-7-17-13/h10,15H,5-9H2,1-4H3,(H,14,16). The summed E-state index contributed by atoms with van der Waals surface area (Å²) >= 11 is 1.72. The van der Waals surface area contributed by atoms with Crippen molar-refractivity contribution in [3.63, 3.8) is 0 Å². The third-order valence-corrected chi connectivity index (χ3v) is 4.56. The molecule has 0 aromatic rings. The molecule has 3 nitrogen and oxygen atoms in total. The number of amides is 1. The molecule has 4 heteroatoms. The molecule has 1 fully saturated rings. The van der Waals surface area contributed by atoms with Crippen molar-refractivity contribution in [2.24, 2.45) is 5.41 Å². The maximum Gasteiger partial charge on any atom is 0.236 e. The molecule has 0 aromatic carbocycles. The Kier molecular flexibility index (Phi) is 4.90. The predicted octanol–water partition coefficient (Wildman–Crippen LogP) is 2.19. The van der Waals surface area contributed by atoms with E-state index in [9.17, 15) is 9.90 Å². The van der Waals surface area contributed by atoms with E-state index in [1.54, 1.807) is 11.8 Å². The highest BCUT2D eigenvalue weighted by molar-refractivity contribution is 8.01. The topological polar surface area (TPSA) is 49.3 Å². The minimum absolute atomic E-state index is 0.0768. The van der Waals surface area contributed by atoms with Gasteiger partial charge < -0.3 is 10.4 Å². The van der Waals surface area contributed by atoms with Gasteiger partial charge >= 0.3 is 0 Å². The molecule has 2 unspecified atom stereocenters. The number of rotatable bonds is 4. The molecule has 17 heavy (non-hydrogen) atoms. The van der Waals surface area contributed by atoms with E-state index in [4.69, 9.17) is 0 Å². The molecule has 2 N–H and O–H groups in total. The van der Waals surface area contributed by atoms with Gasteiger partial charge in [-0.15, -0.1) is 11.8 Å². The van der Waals surface area contributed by atoms with E-state index in [1.807, 2.05) is 6.92 Å². The second kappa shape index (κ2) is 5.61. The highest BCUT2D eigenvalue weighted by Gasteiger charge is 2.37. The summed E-state index contributed by atoms with van der Waals surface area (Å²) in [6.45, 7) is 8.63. The summed E-state index contributed by atoms with van der Waals surface area (Å²) in [5.41, 5.74) is 0.0934. The summed E-state index contributed by atoms with van der Waals surface area (Å²) in [7, 11) is 0. The Morgan fingerprint density at radius 3 is 2.65 bits per heavy atom. The second-order valence-corrected chi connectivity index (χ2v) is 7.91. The van der Waals surface area contributed by atoms with E-state index < -0.39 is 6.10 Å². The summed E-state index contributed by atoms with van der Waals surface area (Å²) in [5, 5.41) is 12.7. The maximum atomic E-state index is 12.0. The normalized spacial score (nSPS) is 26.9. The fourth-order valence-electron chi connectivity index (χ4n) is 2.13. The van der Waals surface area contributed by atoms with Crippen LogP contribution in [0.4, 0.5) is 0 Å². The van der Waals surface area contributed by atoms with E-state index in [2.05, 4.69) is 26.1 Å². The summed E-state index contributed by atoms with van der Waals surface area (Å²) in [4.78, 5) is 12.0. The monoisotopic (exact) mass is 259 g/mol. The first kappa shape index (κ1) is 14.8. The van der Waals surface area contributed by atoms with E-state index in [-0.39, 0.29) is 16.1 Å². The van der Waals surface area contributed by atoms with Crippen molar-refractivity contribution in [2.75, 3.05) is 12.3 Å². The van der Waals surface area contributed by atoms with Crippen LogP contribution in [-0.2, 0) is 4.79 Å². The molecule has 2 atom stereocenters. The van der Waals surface area contributed by atoms with Crippen LogP contribution in [0, 0.1) is 5.41 Å². The molecule has 0 bridgehead atoms. The molecule has 1 aliphatic rings. The van der Waals surface area contributed by atoms with Crippen LogP contribution in [0.2, 0.25) is 0 Å². The number of thioether (sulfide) groups is 1. The molecule has 0 spiro atoms. The van der Waals surface area contributed by atoms with Gasteiger partial charge in [-0.1, -0.05) is 20.8 Å². The zero-order chi connectivity index (χ0) is 13.1. The van der Waals surface area contributed by atoms with Gasteiger partial charge in [-0.05, 0) is 37.4 Å². The Bertz CT molecular complexity index is 267. The van der Waals surface area contributed by atoms with Crippen LogP contribution in [-0.4, -0.2) is 34.2 Å². The summed E-state index contributed by atoms with van der Waals surface area (Å²) in [6.07, 6.45) is 2.31. The quantitative estimate of drug-likeness (QED) is 0.813. The molecule has 0 aliphatic carbocycles. The highest BCUT2D eigenvalue weighted by atomic mass is 32.2. The number of hydrogen-bond donors (Lipinski definition) is 2. The summed E-state index contributed by atoms with van der Waals surface area (Å²) in [6, 6.07) is 0. The van der Waals surface area contributed by atoms with E-state index >= 15 is 0 Å². The predicted molar refractivity (Wildman–Crippen MR) is 73.2 cm³/mol. The molecule has 1 heterocycles.